The van der Waals surface area contributed by atoms with Crippen molar-refractivity contribution < 1.29 is 4.79 Å². The summed E-state index contributed by atoms with van der Waals surface area (Å²) in [7, 11) is 0. The molecule has 1 N–H and O–H groups in total. The highest BCUT2D eigenvalue weighted by Crippen LogP contribution is 2.25. The van der Waals surface area contributed by atoms with Gasteiger partial charge in [-0.1, -0.05) is 42.3 Å². The van der Waals surface area contributed by atoms with Gasteiger partial charge in [-0.3, -0.25) is 4.90 Å². The number of aromatic nitrogens is 3. The first-order valence-corrected chi connectivity index (χ1v) is 10.3. The second-order valence-electron chi connectivity index (χ2n) is 7.29. The largest absolute Gasteiger partial charge is 0.326 e. The highest BCUT2D eigenvalue weighted by molar-refractivity contribution is 6.31. The third-order valence-electron chi connectivity index (χ3n) is 5.10. The second-order valence-corrected chi connectivity index (χ2v) is 7.70. The number of carbonyl (C=O) groups is 1. The molecule has 0 spiro atoms. The predicted molar refractivity (Wildman–Crippen MR) is 115 cm³/mol. The zero-order valence-electron chi connectivity index (χ0n) is 16.4. The van der Waals surface area contributed by atoms with E-state index in [-0.39, 0.29) is 12.6 Å². The summed E-state index contributed by atoms with van der Waals surface area (Å²) < 4.78 is 1.98. The van der Waals surface area contributed by atoms with Gasteiger partial charge < -0.3 is 5.32 Å². The molecule has 3 aromatic rings. The zero-order valence-corrected chi connectivity index (χ0v) is 17.2. The number of para-hydroxylation sites is 1. The predicted octanol–water partition coefficient (Wildman–Crippen LogP) is 5.21. The quantitative estimate of drug-likeness (QED) is 0.643. The van der Waals surface area contributed by atoms with Gasteiger partial charge in [0.1, 0.15) is 5.82 Å². The van der Waals surface area contributed by atoms with Gasteiger partial charge >= 0.3 is 6.03 Å². The fourth-order valence-corrected chi connectivity index (χ4v) is 3.64. The minimum Gasteiger partial charge on any atom is -0.308 e. The Morgan fingerprint density at radius 1 is 1.17 bits per heavy atom. The molecule has 0 atom stereocenters. The lowest BCUT2D eigenvalue weighted by Crippen LogP contribution is -2.35. The Labute approximate surface area is 175 Å². The van der Waals surface area contributed by atoms with Crippen LogP contribution in [0, 0.1) is 6.92 Å². The van der Waals surface area contributed by atoms with Crippen LogP contribution in [-0.4, -0.2) is 20.8 Å². The smallest absolute Gasteiger partial charge is 0.308 e. The number of amides is 2. The molecule has 1 aliphatic heterocycles. The van der Waals surface area contributed by atoms with Gasteiger partial charge in [-0.2, -0.15) is 5.10 Å². The Kier molecular flexibility index (Phi) is 5.81. The summed E-state index contributed by atoms with van der Waals surface area (Å²) in [4.78, 5) is 19.5. The summed E-state index contributed by atoms with van der Waals surface area (Å²) in [6.45, 7) is 3.10. The van der Waals surface area contributed by atoms with Crippen LogP contribution in [0.5, 0.6) is 0 Å². The summed E-state index contributed by atoms with van der Waals surface area (Å²) in [6, 6.07) is 14.8. The van der Waals surface area contributed by atoms with Crippen LogP contribution in [0.3, 0.4) is 0 Å². The zero-order chi connectivity index (χ0) is 20.2. The molecule has 0 radical (unpaired) electrons. The Morgan fingerprint density at radius 2 is 2.00 bits per heavy atom. The normalized spacial score (nSPS) is 13.4. The van der Waals surface area contributed by atoms with Gasteiger partial charge in [0.25, 0.3) is 0 Å². The number of rotatable bonds is 4. The fourth-order valence-electron chi connectivity index (χ4n) is 3.46. The number of fused-ring (bicyclic) bond motifs is 1. The highest BCUT2D eigenvalue weighted by atomic mass is 35.5. The lowest BCUT2D eigenvalue weighted by molar-refractivity contribution is 0.256. The molecule has 1 aliphatic rings. The second kappa shape index (κ2) is 8.66. The van der Waals surface area contributed by atoms with E-state index in [9.17, 15) is 4.79 Å². The van der Waals surface area contributed by atoms with Crippen LogP contribution < -0.4 is 10.2 Å². The number of nitrogens with zero attached hydrogens (tertiary/aromatic N) is 4. The van der Waals surface area contributed by atoms with Crippen molar-refractivity contribution >= 4 is 29.0 Å². The van der Waals surface area contributed by atoms with Crippen LogP contribution in [0.2, 0.25) is 5.02 Å². The molecule has 2 heterocycles. The first-order chi connectivity index (χ1) is 14.1. The highest BCUT2D eigenvalue weighted by Gasteiger charge is 2.21. The van der Waals surface area contributed by atoms with Crippen molar-refractivity contribution in [2.45, 2.75) is 45.7 Å². The average Bonchev–Trinajstić information content (AvgIpc) is 2.97. The Hall–Kier alpha value is -2.86. The van der Waals surface area contributed by atoms with Crippen molar-refractivity contribution in [1.82, 2.24) is 14.8 Å². The summed E-state index contributed by atoms with van der Waals surface area (Å²) in [6.07, 6.45) is 4.37. The number of aryl methyl sites for hydroxylation is 3. The first kappa shape index (κ1) is 19.5. The van der Waals surface area contributed by atoms with Gasteiger partial charge in [-0.05, 0) is 49.6 Å². The monoisotopic (exact) mass is 409 g/mol. The number of carbonyl (C=O) groups excluding carboxylic acids is 1. The maximum absolute atomic E-state index is 13.1. The molecule has 0 aliphatic carbocycles. The third kappa shape index (κ3) is 4.59. The van der Waals surface area contributed by atoms with Crippen LogP contribution in [0.1, 0.15) is 36.5 Å². The molecule has 29 heavy (non-hydrogen) atoms. The van der Waals surface area contributed by atoms with Gasteiger partial charge in [-0.25, -0.2) is 14.5 Å². The topological polar surface area (TPSA) is 63.1 Å². The number of nitrogens with one attached hydrogen (secondary N) is 1. The molecule has 0 saturated heterocycles. The number of benzene rings is 2. The molecule has 1 aromatic heterocycles. The Bertz CT molecular complexity index is 978. The molecular weight excluding hydrogens is 386 g/mol. The Balaban J connectivity index is 1.62. The molecular formula is C22H24ClN5O. The molecule has 0 saturated carbocycles. The Morgan fingerprint density at radius 3 is 2.79 bits per heavy atom. The number of halogens is 1. The van der Waals surface area contributed by atoms with Crippen molar-refractivity contribution in [3.63, 3.8) is 0 Å². The lowest BCUT2D eigenvalue weighted by atomic mass is 10.2. The number of hydrogen-bond acceptors (Lipinski definition) is 3. The van der Waals surface area contributed by atoms with E-state index in [0.29, 0.717) is 16.5 Å². The summed E-state index contributed by atoms with van der Waals surface area (Å²) in [5.41, 5.74) is 2.40. The standard InChI is InChI=1S/C22H24ClN5O/c1-16-11-12-18(14-19(16)23)27(22(29)24-17-8-4-2-5-9-17)15-20-25-21-10-6-3-7-13-28(21)26-20/h2,4-5,8-9,11-12,14H,3,6-7,10,13,15H2,1H3,(H,24,29). The molecule has 4 rings (SSSR count). The maximum Gasteiger partial charge on any atom is 0.326 e. The molecule has 0 unspecified atom stereocenters. The van der Waals surface area contributed by atoms with Crippen molar-refractivity contribution in [3.8, 4) is 0 Å². The minimum absolute atomic E-state index is 0.249. The van der Waals surface area contributed by atoms with Gasteiger partial charge in [0, 0.05) is 29.4 Å². The van der Waals surface area contributed by atoms with E-state index in [1.165, 1.54) is 6.42 Å². The molecule has 6 nitrogen and oxygen atoms in total. The van der Waals surface area contributed by atoms with Gasteiger partial charge in [-0.15, -0.1) is 0 Å². The van der Waals surface area contributed by atoms with E-state index < -0.39 is 0 Å². The molecule has 150 valence electrons. The molecule has 0 bridgehead atoms. The molecule has 2 amide bonds. The summed E-state index contributed by atoms with van der Waals surface area (Å²) in [5, 5.41) is 8.22. The lowest BCUT2D eigenvalue weighted by Gasteiger charge is -2.22. The van der Waals surface area contributed by atoms with Crippen molar-refractivity contribution in [2.24, 2.45) is 0 Å². The van der Waals surface area contributed by atoms with E-state index in [2.05, 4.69) is 10.4 Å². The third-order valence-corrected chi connectivity index (χ3v) is 5.51. The van der Waals surface area contributed by atoms with E-state index in [0.717, 1.165) is 42.9 Å². The van der Waals surface area contributed by atoms with Crippen molar-refractivity contribution in [2.75, 3.05) is 10.2 Å². The summed E-state index contributed by atoms with van der Waals surface area (Å²) in [5.74, 6) is 1.64. The fraction of sp³-hybridized carbons (Fsp3) is 0.318. The van der Waals surface area contributed by atoms with Crippen LogP contribution in [0.4, 0.5) is 16.2 Å². The van der Waals surface area contributed by atoms with E-state index >= 15 is 0 Å². The van der Waals surface area contributed by atoms with Gasteiger partial charge in [0.2, 0.25) is 0 Å². The molecule has 7 heteroatoms. The van der Waals surface area contributed by atoms with E-state index in [4.69, 9.17) is 16.6 Å². The van der Waals surface area contributed by atoms with Gasteiger partial charge in [0.05, 0.1) is 6.54 Å². The minimum atomic E-state index is -0.249. The van der Waals surface area contributed by atoms with Crippen LogP contribution in [0.25, 0.3) is 0 Å². The van der Waals surface area contributed by atoms with E-state index in [1.54, 1.807) is 4.90 Å². The van der Waals surface area contributed by atoms with Crippen LogP contribution >= 0.6 is 11.6 Å². The summed E-state index contributed by atoms with van der Waals surface area (Å²) >= 11 is 6.33. The van der Waals surface area contributed by atoms with Gasteiger partial charge in [0.15, 0.2) is 5.82 Å². The van der Waals surface area contributed by atoms with Crippen molar-refractivity contribution in [1.29, 1.82) is 0 Å². The van der Waals surface area contributed by atoms with E-state index in [1.807, 2.05) is 60.1 Å². The molecule has 0 fully saturated rings. The number of anilines is 2. The molecule has 2 aromatic carbocycles. The number of hydrogen-bond donors (Lipinski definition) is 1. The maximum atomic E-state index is 13.1. The van der Waals surface area contributed by atoms with Crippen LogP contribution in [0.15, 0.2) is 48.5 Å². The first-order valence-electron chi connectivity index (χ1n) is 9.92. The van der Waals surface area contributed by atoms with Crippen LogP contribution in [-0.2, 0) is 19.5 Å². The average molecular weight is 410 g/mol. The number of urea groups is 1. The SMILES string of the molecule is Cc1ccc(N(Cc2nc3n(n2)CCCCC3)C(=O)Nc2ccccc2)cc1Cl. The van der Waals surface area contributed by atoms with Crippen molar-refractivity contribution in [3.05, 3.63) is 70.8 Å².